The van der Waals surface area contributed by atoms with Crippen molar-refractivity contribution in [3.63, 3.8) is 0 Å². The maximum atomic E-state index is 14.4. The smallest absolute Gasteiger partial charge is 0.296 e. The predicted octanol–water partition coefficient (Wildman–Crippen LogP) is 1.60. The Morgan fingerprint density at radius 2 is 1.66 bits per heavy atom. The number of sulfonamides is 1. The highest BCUT2D eigenvalue weighted by Crippen LogP contribution is 2.53. The molecule has 0 radical (unpaired) electrons. The van der Waals surface area contributed by atoms with E-state index in [2.05, 4.69) is 0 Å². The van der Waals surface area contributed by atoms with Crippen LogP contribution in [0.3, 0.4) is 0 Å². The van der Waals surface area contributed by atoms with Crippen LogP contribution in [0.5, 0.6) is 0 Å². The quantitative estimate of drug-likeness (QED) is 0.283. The number of benzene rings is 2. The standard InChI is InChI=1S/C29H34N4O7S/c1-4-13-32-23-8-6-5-7-22(23)29(28(32)37)24(26(35)27(36)33(29)15-14-30(2)3)25(34)20-9-11-21(12-10-20)41(38,39)31-16-18-40-19-17-31/h5-12,34H,4,13-19H2,1-3H3/b25-24-. The molecule has 2 aromatic rings. The van der Waals surface area contributed by atoms with Gasteiger partial charge in [0, 0.05) is 43.9 Å². The van der Waals surface area contributed by atoms with Crippen molar-refractivity contribution in [1.82, 2.24) is 14.1 Å². The predicted molar refractivity (Wildman–Crippen MR) is 152 cm³/mol. The first-order valence-electron chi connectivity index (χ1n) is 13.6. The number of carbonyl (C=O) groups is 3. The van der Waals surface area contributed by atoms with Gasteiger partial charge in [-0.1, -0.05) is 25.1 Å². The summed E-state index contributed by atoms with van der Waals surface area (Å²) in [7, 11) is -0.145. The SMILES string of the molecule is CCCN1C(=O)C2(/C(=C(\O)c3ccc(S(=O)(=O)N4CCOCC4)cc3)C(=O)C(=O)N2CCN(C)C)c2ccccc21. The summed E-state index contributed by atoms with van der Waals surface area (Å²) in [6.45, 7) is 3.82. The number of aliphatic hydroxyl groups excluding tert-OH is 1. The molecule has 1 N–H and O–H groups in total. The summed E-state index contributed by atoms with van der Waals surface area (Å²) >= 11 is 0. The average molecular weight is 583 g/mol. The van der Waals surface area contributed by atoms with E-state index in [4.69, 9.17) is 4.74 Å². The summed E-state index contributed by atoms with van der Waals surface area (Å²) < 4.78 is 32.8. The number of morpholine rings is 1. The number of nitrogens with zero attached hydrogens (tertiary/aromatic N) is 4. The maximum Gasteiger partial charge on any atom is 0.296 e. The normalized spacial score (nSPS) is 22.8. The van der Waals surface area contributed by atoms with Crippen LogP contribution in [0.2, 0.25) is 0 Å². The van der Waals surface area contributed by atoms with Crippen LogP contribution in [-0.4, -0.2) is 105 Å². The summed E-state index contributed by atoms with van der Waals surface area (Å²) in [4.78, 5) is 46.3. The first kappa shape index (κ1) is 28.9. The molecule has 1 unspecified atom stereocenters. The van der Waals surface area contributed by atoms with E-state index in [1.54, 1.807) is 29.2 Å². The topological polar surface area (TPSA) is 128 Å². The van der Waals surface area contributed by atoms with Gasteiger partial charge in [-0.15, -0.1) is 0 Å². The summed E-state index contributed by atoms with van der Waals surface area (Å²) in [6, 6.07) is 12.5. The van der Waals surface area contributed by atoms with Crippen molar-refractivity contribution in [2.24, 2.45) is 0 Å². The molecule has 0 aromatic heterocycles. The summed E-state index contributed by atoms with van der Waals surface area (Å²) in [5, 5.41) is 11.7. The molecule has 41 heavy (non-hydrogen) atoms. The van der Waals surface area contributed by atoms with Gasteiger partial charge in [-0.05, 0) is 50.8 Å². The van der Waals surface area contributed by atoms with Gasteiger partial charge < -0.3 is 24.5 Å². The zero-order chi connectivity index (χ0) is 29.5. The number of carbonyl (C=O) groups excluding carboxylic acids is 3. The van der Waals surface area contributed by atoms with E-state index in [0.29, 0.717) is 44.0 Å². The van der Waals surface area contributed by atoms with E-state index in [1.807, 2.05) is 25.9 Å². The lowest BCUT2D eigenvalue weighted by Gasteiger charge is -2.35. The van der Waals surface area contributed by atoms with Crippen LogP contribution in [0.25, 0.3) is 5.76 Å². The van der Waals surface area contributed by atoms with Crippen molar-refractivity contribution < 1.29 is 32.6 Å². The van der Waals surface area contributed by atoms with Crippen molar-refractivity contribution in [2.45, 2.75) is 23.8 Å². The molecular formula is C29H34N4O7S. The van der Waals surface area contributed by atoms with Crippen molar-refractivity contribution in [3.8, 4) is 0 Å². The zero-order valence-corrected chi connectivity index (χ0v) is 24.2. The fraction of sp³-hybridized carbons (Fsp3) is 0.414. The number of rotatable bonds is 8. The second kappa shape index (κ2) is 11.0. The minimum atomic E-state index is -3.79. The summed E-state index contributed by atoms with van der Waals surface area (Å²) in [5.41, 5.74) is -1.02. The molecule has 2 amide bonds. The van der Waals surface area contributed by atoms with E-state index in [0.717, 1.165) is 0 Å². The Morgan fingerprint density at radius 1 is 1.00 bits per heavy atom. The Bertz CT molecular complexity index is 1510. The highest BCUT2D eigenvalue weighted by molar-refractivity contribution is 7.89. The molecule has 2 saturated heterocycles. The molecule has 2 aromatic carbocycles. The molecule has 12 heteroatoms. The van der Waals surface area contributed by atoms with Gasteiger partial charge in [-0.2, -0.15) is 4.31 Å². The average Bonchev–Trinajstić information content (AvgIpc) is 3.35. The van der Waals surface area contributed by atoms with Crippen molar-refractivity contribution >= 4 is 39.1 Å². The maximum absolute atomic E-state index is 14.4. The van der Waals surface area contributed by atoms with Crippen molar-refractivity contribution in [3.05, 3.63) is 65.2 Å². The van der Waals surface area contributed by atoms with Gasteiger partial charge in [0.2, 0.25) is 10.0 Å². The molecule has 3 aliphatic rings. The molecule has 1 atom stereocenters. The fourth-order valence-electron chi connectivity index (χ4n) is 5.78. The van der Waals surface area contributed by atoms with Gasteiger partial charge in [0.25, 0.3) is 17.6 Å². The van der Waals surface area contributed by atoms with Crippen LogP contribution in [0, 0.1) is 0 Å². The monoisotopic (exact) mass is 582 g/mol. The number of likely N-dealkylation sites (tertiary alicyclic amines) is 1. The molecule has 2 fully saturated rings. The van der Waals surface area contributed by atoms with Crippen LogP contribution in [0.15, 0.2) is 59.0 Å². The molecular weight excluding hydrogens is 548 g/mol. The van der Waals surface area contributed by atoms with Crippen LogP contribution in [-0.2, 0) is 34.7 Å². The number of ketones is 1. The minimum absolute atomic E-state index is 0.0218. The number of ether oxygens (including phenoxy) is 1. The lowest BCUT2D eigenvalue weighted by molar-refractivity contribution is -0.143. The summed E-state index contributed by atoms with van der Waals surface area (Å²) in [5.74, 6) is -2.85. The van der Waals surface area contributed by atoms with Gasteiger partial charge in [0.15, 0.2) is 5.54 Å². The third-order valence-electron chi connectivity index (χ3n) is 7.76. The van der Waals surface area contributed by atoms with E-state index in [1.165, 1.54) is 33.5 Å². The van der Waals surface area contributed by atoms with Gasteiger partial charge in [-0.3, -0.25) is 14.4 Å². The molecule has 0 bridgehead atoms. The first-order chi connectivity index (χ1) is 19.6. The zero-order valence-electron chi connectivity index (χ0n) is 23.4. The Labute approximate surface area is 239 Å². The first-order valence-corrected chi connectivity index (χ1v) is 15.0. The lowest BCUT2D eigenvalue weighted by Crippen LogP contribution is -2.53. The van der Waals surface area contributed by atoms with Crippen molar-refractivity contribution in [1.29, 1.82) is 0 Å². The molecule has 1 spiro atoms. The Balaban J connectivity index is 1.67. The largest absolute Gasteiger partial charge is 0.507 e. The Morgan fingerprint density at radius 3 is 2.29 bits per heavy atom. The number of fused-ring (bicyclic) bond motifs is 2. The highest BCUT2D eigenvalue weighted by Gasteiger charge is 2.66. The lowest BCUT2D eigenvalue weighted by atomic mass is 9.82. The second-order valence-electron chi connectivity index (χ2n) is 10.5. The Kier molecular flexibility index (Phi) is 7.77. The van der Waals surface area contributed by atoms with E-state index in [-0.39, 0.29) is 35.7 Å². The molecule has 0 saturated carbocycles. The fourth-order valence-corrected chi connectivity index (χ4v) is 7.19. The van der Waals surface area contributed by atoms with Crippen molar-refractivity contribution in [2.75, 3.05) is 64.9 Å². The van der Waals surface area contributed by atoms with Gasteiger partial charge in [-0.25, -0.2) is 8.42 Å². The molecule has 11 nitrogen and oxygen atoms in total. The minimum Gasteiger partial charge on any atom is -0.507 e. The van der Waals surface area contributed by atoms with Gasteiger partial charge >= 0.3 is 0 Å². The highest BCUT2D eigenvalue weighted by atomic mass is 32.2. The second-order valence-corrected chi connectivity index (χ2v) is 12.5. The van der Waals surface area contributed by atoms with Crippen LogP contribution in [0.1, 0.15) is 24.5 Å². The number of hydrogen-bond acceptors (Lipinski definition) is 8. The molecule has 3 heterocycles. The molecule has 5 rings (SSSR count). The van der Waals surface area contributed by atoms with Crippen LogP contribution in [0.4, 0.5) is 5.69 Å². The van der Waals surface area contributed by atoms with Gasteiger partial charge in [0.1, 0.15) is 5.76 Å². The number of amides is 2. The van der Waals surface area contributed by atoms with E-state index in [9.17, 15) is 27.9 Å². The molecule has 3 aliphatic heterocycles. The summed E-state index contributed by atoms with van der Waals surface area (Å²) in [6.07, 6.45) is 0.639. The van der Waals surface area contributed by atoms with Gasteiger partial charge in [0.05, 0.1) is 29.4 Å². The van der Waals surface area contributed by atoms with Crippen LogP contribution < -0.4 is 4.90 Å². The molecule has 218 valence electrons. The number of anilines is 1. The van der Waals surface area contributed by atoms with E-state index < -0.39 is 38.9 Å². The Hall–Kier alpha value is -3.58. The number of aliphatic hydroxyl groups is 1. The number of Topliss-reactive ketones (excluding diaryl/α,β-unsaturated/α-hetero) is 1. The number of likely N-dealkylation sites (N-methyl/N-ethyl adjacent to an activating group) is 1. The third-order valence-corrected chi connectivity index (χ3v) is 9.68. The van der Waals surface area contributed by atoms with E-state index >= 15 is 0 Å². The third kappa shape index (κ3) is 4.55. The number of para-hydroxylation sites is 1. The van der Waals surface area contributed by atoms with Crippen LogP contribution >= 0.6 is 0 Å². The molecule has 0 aliphatic carbocycles. The number of hydrogen-bond donors (Lipinski definition) is 1.